The van der Waals surface area contributed by atoms with Crippen LogP contribution in [0.4, 0.5) is 0 Å². The molecule has 0 saturated carbocycles. The lowest BCUT2D eigenvalue weighted by atomic mass is 10.1. The van der Waals surface area contributed by atoms with E-state index in [4.69, 9.17) is 11.6 Å². The zero-order valence-corrected chi connectivity index (χ0v) is 15.1. The summed E-state index contributed by atoms with van der Waals surface area (Å²) in [5.74, 6) is 0.114. The second-order valence-electron chi connectivity index (χ2n) is 5.70. The summed E-state index contributed by atoms with van der Waals surface area (Å²) in [4.78, 5) is 16.8. The van der Waals surface area contributed by atoms with Gasteiger partial charge in [0, 0.05) is 47.8 Å². The zero-order valence-electron chi connectivity index (χ0n) is 12.7. The Balaban J connectivity index is 1.54. The molecule has 0 N–H and O–H groups in total. The summed E-state index contributed by atoms with van der Waals surface area (Å²) in [6, 6.07) is 15.5. The Labute approximate surface area is 150 Å². The molecule has 0 aliphatic carbocycles. The van der Waals surface area contributed by atoms with Gasteiger partial charge >= 0.3 is 0 Å². The summed E-state index contributed by atoms with van der Waals surface area (Å²) in [7, 11) is 0. The molecule has 1 heterocycles. The van der Waals surface area contributed by atoms with Gasteiger partial charge in [0.15, 0.2) is 0 Å². The van der Waals surface area contributed by atoms with E-state index in [1.54, 1.807) is 0 Å². The fraction of sp³-hybridized carbons (Fsp3) is 0.278. The highest BCUT2D eigenvalue weighted by molar-refractivity contribution is 9.10. The highest BCUT2D eigenvalue weighted by atomic mass is 79.9. The average Bonchev–Trinajstić information content (AvgIpc) is 2.58. The molecule has 0 unspecified atom stereocenters. The average molecular weight is 394 g/mol. The van der Waals surface area contributed by atoms with Crippen molar-refractivity contribution in [3.63, 3.8) is 0 Å². The lowest BCUT2D eigenvalue weighted by Crippen LogP contribution is -2.48. The van der Waals surface area contributed by atoms with Gasteiger partial charge in [0.05, 0.1) is 0 Å². The van der Waals surface area contributed by atoms with Gasteiger partial charge in [-0.2, -0.15) is 0 Å². The Morgan fingerprint density at radius 3 is 2.17 bits per heavy atom. The Bertz CT molecular complexity index is 664. The summed E-state index contributed by atoms with van der Waals surface area (Å²) in [6.07, 6.45) is 0. The van der Waals surface area contributed by atoms with Gasteiger partial charge in [-0.05, 0) is 42.0 Å². The number of rotatable bonds is 3. The topological polar surface area (TPSA) is 23.6 Å². The molecule has 1 fully saturated rings. The maximum atomic E-state index is 12.5. The second kappa shape index (κ2) is 7.47. The van der Waals surface area contributed by atoms with Crippen LogP contribution in [0.1, 0.15) is 15.9 Å². The second-order valence-corrected chi connectivity index (χ2v) is 7.05. The van der Waals surface area contributed by atoms with Crippen molar-refractivity contribution in [2.45, 2.75) is 6.54 Å². The van der Waals surface area contributed by atoms with E-state index in [1.165, 1.54) is 5.56 Å². The summed E-state index contributed by atoms with van der Waals surface area (Å²) in [5, 5.41) is 0.763. The largest absolute Gasteiger partial charge is 0.336 e. The van der Waals surface area contributed by atoms with Crippen LogP contribution in [-0.2, 0) is 6.54 Å². The van der Waals surface area contributed by atoms with Crippen LogP contribution in [0, 0.1) is 0 Å². The monoisotopic (exact) mass is 392 g/mol. The van der Waals surface area contributed by atoms with Gasteiger partial charge in [0.2, 0.25) is 0 Å². The Hall–Kier alpha value is -1.36. The van der Waals surface area contributed by atoms with E-state index in [-0.39, 0.29) is 5.91 Å². The van der Waals surface area contributed by atoms with Gasteiger partial charge in [-0.3, -0.25) is 9.69 Å². The first-order valence-corrected chi connectivity index (χ1v) is 8.80. The highest BCUT2D eigenvalue weighted by Gasteiger charge is 2.22. The first-order chi connectivity index (χ1) is 11.1. The molecule has 0 bridgehead atoms. The van der Waals surface area contributed by atoms with Crippen LogP contribution in [0.25, 0.3) is 0 Å². The summed E-state index contributed by atoms with van der Waals surface area (Å²) >= 11 is 9.31. The highest BCUT2D eigenvalue weighted by Crippen LogP contribution is 2.15. The van der Waals surface area contributed by atoms with Crippen LogP contribution < -0.4 is 0 Å². The fourth-order valence-electron chi connectivity index (χ4n) is 2.73. The third kappa shape index (κ3) is 4.34. The Morgan fingerprint density at radius 2 is 1.57 bits per heavy atom. The van der Waals surface area contributed by atoms with Crippen LogP contribution in [0.5, 0.6) is 0 Å². The maximum Gasteiger partial charge on any atom is 0.253 e. The van der Waals surface area contributed by atoms with Gasteiger partial charge in [0.1, 0.15) is 0 Å². The van der Waals surface area contributed by atoms with Gasteiger partial charge in [-0.25, -0.2) is 0 Å². The van der Waals surface area contributed by atoms with E-state index in [0.717, 1.165) is 47.8 Å². The Kier molecular flexibility index (Phi) is 5.36. The van der Waals surface area contributed by atoms with Crippen molar-refractivity contribution >= 4 is 33.4 Å². The van der Waals surface area contributed by atoms with Gasteiger partial charge in [-0.1, -0.05) is 39.7 Å². The van der Waals surface area contributed by atoms with Crippen LogP contribution in [0.3, 0.4) is 0 Å². The van der Waals surface area contributed by atoms with Crippen LogP contribution in [0.15, 0.2) is 53.0 Å². The van der Waals surface area contributed by atoms with Crippen LogP contribution >= 0.6 is 27.5 Å². The molecule has 2 aromatic carbocycles. The number of nitrogens with zero attached hydrogens (tertiary/aromatic N) is 2. The lowest BCUT2D eigenvalue weighted by Gasteiger charge is -2.34. The molecule has 1 aliphatic rings. The predicted octanol–water partition coefficient (Wildman–Crippen LogP) is 4.06. The molecular weight excluding hydrogens is 376 g/mol. The first kappa shape index (κ1) is 16.5. The number of benzene rings is 2. The first-order valence-electron chi connectivity index (χ1n) is 7.63. The van der Waals surface area contributed by atoms with E-state index >= 15 is 0 Å². The quantitative estimate of drug-likeness (QED) is 0.785. The standard InChI is InChI=1S/C18H18BrClN2O/c19-16-5-3-15(4-6-16)18(23)22-11-9-21(10-12-22)13-14-1-7-17(20)8-2-14/h1-8H,9-13H2. The molecule has 3 nitrogen and oxygen atoms in total. The van der Waals surface area contributed by atoms with E-state index in [2.05, 4.69) is 33.0 Å². The van der Waals surface area contributed by atoms with Crippen LogP contribution in [0.2, 0.25) is 5.02 Å². The maximum absolute atomic E-state index is 12.5. The van der Waals surface area contributed by atoms with Crippen molar-refractivity contribution in [2.75, 3.05) is 26.2 Å². The van der Waals surface area contributed by atoms with Crippen molar-refractivity contribution in [1.82, 2.24) is 9.80 Å². The lowest BCUT2D eigenvalue weighted by molar-refractivity contribution is 0.0628. The molecule has 1 saturated heterocycles. The molecule has 120 valence electrons. The van der Waals surface area contributed by atoms with Gasteiger partial charge in [0.25, 0.3) is 5.91 Å². The molecule has 23 heavy (non-hydrogen) atoms. The number of amides is 1. The number of hydrogen-bond acceptors (Lipinski definition) is 2. The van der Waals surface area contributed by atoms with Gasteiger partial charge in [-0.15, -0.1) is 0 Å². The number of halogens is 2. The molecule has 3 rings (SSSR count). The molecule has 0 atom stereocenters. The predicted molar refractivity (Wildman–Crippen MR) is 96.8 cm³/mol. The van der Waals surface area contributed by atoms with E-state index in [0.29, 0.717) is 0 Å². The molecule has 5 heteroatoms. The van der Waals surface area contributed by atoms with Gasteiger partial charge < -0.3 is 4.90 Å². The molecule has 2 aromatic rings. The number of carbonyl (C=O) groups is 1. The molecular formula is C18H18BrClN2O. The normalized spacial score (nSPS) is 15.7. The number of carbonyl (C=O) groups excluding carboxylic acids is 1. The van der Waals surface area contributed by atoms with Crippen LogP contribution in [-0.4, -0.2) is 41.9 Å². The summed E-state index contributed by atoms with van der Waals surface area (Å²) < 4.78 is 0.988. The summed E-state index contributed by atoms with van der Waals surface area (Å²) in [6.45, 7) is 4.22. The number of piperazine rings is 1. The van der Waals surface area contributed by atoms with E-state index < -0.39 is 0 Å². The molecule has 0 aromatic heterocycles. The SMILES string of the molecule is O=C(c1ccc(Br)cc1)N1CCN(Cc2ccc(Cl)cc2)CC1. The number of hydrogen-bond donors (Lipinski definition) is 0. The smallest absolute Gasteiger partial charge is 0.253 e. The molecule has 1 amide bonds. The molecule has 0 spiro atoms. The van der Waals surface area contributed by atoms with Crippen molar-refractivity contribution < 1.29 is 4.79 Å². The molecule has 1 aliphatic heterocycles. The summed E-state index contributed by atoms with van der Waals surface area (Å²) in [5.41, 5.74) is 2.00. The third-order valence-electron chi connectivity index (χ3n) is 4.07. The third-order valence-corrected chi connectivity index (χ3v) is 4.85. The van der Waals surface area contributed by atoms with Crippen molar-refractivity contribution in [2.24, 2.45) is 0 Å². The van der Waals surface area contributed by atoms with Crippen molar-refractivity contribution in [3.8, 4) is 0 Å². The van der Waals surface area contributed by atoms with Crippen molar-refractivity contribution in [3.05, 3.63) is 69.2 Å². The Morgan fingerprint density at radius 1 is 0.957 bits per heavy atom. The molecule has 0 radical (unpaired) electrons. The van der Waals surface area contributed by atoms with E-state index in [1.807, 2.05) is 41.3 Å². The minimum absolute atomic E-state index is 0.114. The fourth-order valence-corrected chi connectivity index (χ4v) is 3.12. The van der Waals surface area contributed by atoms with E-state index in [9.17, 15) is 4.79 Å². The minimum Gasteiger partial charge on any atom is -0.336 e. The minimum atomic E-state index is 0.114. The zero-order chi connectivity index (χ0) is 16.2. The van der Waals surface area contributed by atoms with Crippen molar-refractivity contribution in [1.29, 1.82) is 0 Å².